The van der Waals surface area contributed by atoms with Crippen LogP contribution in [0.15, 0.2) is 64.4 Å². The summed E-state index contributed by atoms with van der Waals surface area (Å²) in [5.41, 5.74) is 1.12. The molecule has 126 valence electrons. The molecule has 2 aromatic carbocycles. The number of piperidine rings is 1. The molecular weight excluding hydrogens is 318 g/mol. The van der Waals surface area contributed by atoms with Gasteiger partial charge in [0.25, 0.3) is 0 Å². The van der Waals surface area contributed by atoms with Gasteiger partial charge in [-0.1, -0.05) is 54.6 Å². The van der Waals surface area contributed by atoms with Crippen LogP contribution in [0.2, 0.25) is 0 Å². The first-order valence-corrected chi connectivity index (χ1v) is 9.33. The molecule has 1 heterocycles. The van der Waals surface area contributed by atoms with Crippen molar-refractivity contribution in [2.45, 2.75) is 41.5 Å². The maximum absolute atomic E-state index is 11.8. The number of rotatable bonds is 6. The number of nitrogens with zero attached hydrogens (tertiary/aromatic N) is 1. The van der Waals surface area contributed by atoms with Crippen LogP contribution in [0.1, 0.15) is 24.8 Å². The van der Waals surface area contributed by atoms with Crippen LogP contribution in [-0.2, 0) is 11.2 Å². The molecular formula is C20H23NO2S. The van der Waals surface area contributed by atoms with Crippen molar-refractivity contribution in [1.82, 2.24) is 4.90 Å². The minimum Gasteiger partial charge on any atom is -0.480 e. The quantitative estimate of drug-likeness (QED) is 0.849. The molecule has 0 amide bonds. The standard InChI is InChI=1S/C20H23NO2S/c22-20(23)18(21-13-7-2-8-14-21)15-16-9-5-6-12-19(16)24-17-10-3-1-4-11-17/h1,3-6,9-12,18H,2,7-8,13-15H2,(H,22,23). The van der Waals surface area contributed by atoms with Gasteiger partial charge in [0.15, 0.2) is 0 Å². The Bertz CT molecular complexity index is 668. The highest BCUT2D eigenvalue weighted by Gasteiger charge is 2.27. The van der Waals surface area contributed by atoms with Gasteiger partial charge in [-0.05, 0) is 56.1 Å². The minimum absolute atomic E-state index is 0.428. The van der Waals surface area contributed by atoms with Crippen LogP contribution in [0.4, 0.5) is 0 Å². The predicted octanol–water partition coefficient (Wildman–Crippen LogP) is 4.32. The second-order valence-electron chi connectivity index (χ2n) is 6.18. The Balaban J connectivity index is 1.79. The number of likely N-dealkylation sites (tertiary alicyclic amines) is 1. The molecule has 0 spiro atoms. The second kappa shape index (κ2) is 8.36. The van der Waals surface area contributed by atoms with Crippen LogP contribution in [0.25, 0.3) is 0 Å². The fourth-order valence-electron chi connectivity index (χ4n) is 3.20. The lowest BCUT2D eigenvalue weighted by Crippen LogP contribution is -2.45. The molecule has 3 nitrogen and oxygen atoms in total. The summed E-state index contributed by atoms with van der Waals surface area (Å²) in [4.78, 5) is 16.3. The molecule has 4 heteroatoms. The van der Waals surface area contributed by atoms with Crippen LogP contribution in [0.3, 0.4) is 0 Å². The average Bonchev–Trinajstić information content (AvgIpc) is 2.62. The van der Waals surface area contributed by atoms with Gasteiger partial charge < -0.3 is 5.11 Å². The van der Waals surface area contributed by atoms with Gasteiger partial charge >= 0.3 is 5.97 Å². The van der Waals surface area contributed by atoms with Gasteiger partial charge in [-0.3, -0.25) is 9.69 Å². The number of hydrogen-bond acceptors (Lipinski definition) is 3. The highest BCUT2D eigenvalue weighted by molar-refractivity contribution is 7.99. The Kier molecular flexibility index (Phi) is 5.94. The highest BCUT2D eigenvalue weighted by Crippen LogP contribution is 2.31. The number of carbonyl (C=O) groups is 1. The number of aliphatic carboxylic acids is 1. The number of hydrogen-bond donors (Lipinski definition) is 1. The fourth-order valence-corrected chi connectivity index (χ4v) is 4.17. The fraction of sp³-hybridized carbons (Fsp3) is 0.350. The predicted molar refractivity (Wildman–Crippen MR) is 97.6 cm³/mol. The molecule has 1 aliphatic heterocycles. The molecule has 0 aliphatic carbocycles. The maximum Gasteiger partial charge on any atom is 0.321 e. The third kappa shape index (κ3) is 4.40. The van der Waals surface area contributed by atoms with E-state index in [0.29, 0.717) is 6.42 Å². The van der Waals surface area contributed by atoms with Crippen molar-refractivity contribution in [2.24, 2.45) is 0 Å². The van der Waals surface area contributed by atoms with Crippen molar-refractivity contribution in [3.05, 3.63) is 60.2 Å². The lowest BCUT2D eigenvalue weighted by atomic mass is 10.0. The maximum atomic E-state index is 11.8. The zero-order valence-electron chi connectivity index (χ0n) is 13.7. The van der Waals surface area contributed by atoms with Gasteiger partial charge in [0.05, 0.1) is 0 Å². The monoisotopic (exact) mass is 341 g/mol. The zero-order valence-corrected chi connectivity index (χ0v) is 14.5. The molecule has 0 aromatic heterocycles. The lowest BCUT2D eigenvalue weighted by Gasteiger charge is -2.32. The lowest BCUT2D eigenvalue weighted by molar-refractivity contribution is -0.143. The number of benzene rings is 2. The van der Waals surface area contributed by atoms with E-state index in [1.165, 1.54) is 11.3 Å². The van der Waals surface area contributed by atoms with Crippen LogP contribution < -0.4 is 0 Å². The van der Waals surface area contributed by atoms with Crippen molar-refractivity contribution < 1.29 is 9.90 Å². The van der Waals surface area contributed by atoms with Crippen LogP contribution in [0.5, 0.6) is 0 Å². The molecule has 1 atom stereocenters. The summed E-state index contributed by atoms with van der Waals surface area (Å²) in [5, 5.41) is 9.72. The summed E-state index contributed by atoms with van der Waals surface area (Å²) >= 11 is 1.70. The summed E-state index contributed by atoms with van der Waals surface area (Å²) in [6, 6.07) is 18.0. The Morgan fingerprint density at radius 1 is 1.00 bits per heavy atom. The first kappa shape index (κ1) is 17.1. The first-order chi connectivity index (χ1) is 11.7. The molecule has 1 N–H and O–H groups in total. The largest absolute Gasteiger partial charge is 0.480 e. The van der Waals surface area contributed by atoms with Crippen LogP contribution in [0, 0.1) is 0 Å². The molecule has 0 saturated carbocycles. The molecule has 1 fully saturated rings. The molecule has 0 radical (unpaired) electrons. The third-order valence-corrected chi connectivity index (χ3v) is 5.60. The summed E-state index contributed by atoms with van der Waals surface area (Å²) in [7, 11) is 0. The summed E-state index contributed by atoms with van der Waals surface area (Å²) in [6.45, 7) is 1.79. The Hall–Kier alpha value is -1.78. The van der Waals surface area contributed by atoms with Crippen molar-refractivity contribution >= 4 is 17.7 Å². The third-order valence-electron chi connectivity index (χ3n) is 4.47. The highest BCUT2D eigenvalue weighted by atomic mass is 32.2. The smallest absolute Gasteiger partial charge is 0.321 e. The molecule has 1 unspecified atom stereocenters. The zero-order chi connectivity index (χ0) is 16.8. The Labute approximate surface area is 147 Å². The van der Waals surface area contributed by atoms with Crippen molar-refractivity contribution in [3.63, 3.8) is 0 Å². The summed E-state index contributed by atoms with van der Waals surface area (Å²) in [5.74, 6) is -0.712. The van der Waals surface area contributed by atoms with Crippen LogP contribution in [-0.4, -0.2) is 35.1 Å². The van der Waals surface area contributed by atoms with Gasteiger partial charge in [0.1, 0.15) is 6.04 Å². The van der Waals surface area contributed by atoms with Gasteiger partial charge in [0, 0.05) is 9.79 Å². The topological polar surface area (TPSA) is 40.5 Å². The average molecular weight is 341 g/mol. The van der Waals surface area contributed by atoms with E-state index in [0.717, 1.165) is 36.4 Å². The molecule has 1 saturated heterocycles. The Morgan fingerprint density at radius 3 is 2.38 bits per heavy atom. The molecule has 2 aromatic rings. The van der Waals surface area contributed by atoms with Crippen LogP contribution >= 0.6 is 11.8 Å². The summed E-state index contributed by atoms with van der Waals surface area (Å²) < 4.78 is 0. The van der Waals surface area contributed by atoms with Gasteiger partial charge in [-0.15, -0.1) is 0 Å². The van der Waals surface area contributed by atoms with Gasteiger partial charge in [0.2, 0.25) is 0 Å². The van der Waals surface area contributed by atoms with E-state index in [-0.39, 0.29) is 0 Å². The van der Waals surface area contributed by atoms with E-state index >= 15 is 0 Å². The molecule has 0 bridgehead atoms. The van der Waals surface area contributed by atoms with Gasteiger partial charge in [-0.25, -0.2) is 0 Å². The van der Waals surface area contributed by atoms with E-state index in [4.69, 9.17) is 0 Å². The van der Waals surface area contributed by atoms with Crippen molar-refractivity contribution in [3.8, 4) is 0 Å². The van der Waals surface area contributed by atoms with Crippen molar-refractivity contribution in [2.75, 3.05) is 13.1 Å². The van der Waals surface area contributed by atoms with E-state index < -0.39 is 12.0 Å². The normalized spacial score (nSPS) is 16.7. The van der Waals surface area contributed by atoms with Crippen molar-refractivity contribution in [1.29, 1.82) is 0 Å². The molecule has 24 heavy (non-hydrogen) atoms. The van der Waals surface area contributed by atoms with E-state index in [2.05, 4.69) is 29.2 Å². The number of carboxylic acid groups (broad SMARTS) is 1. The van der Waals surface area contributed by atoms with E-state index in [1.54, 1.807) is 11.8 Å². The van der Waals surface area contributed by atoms with Gasteiger partial charge in [-0.2, -0.15) is 0 Å². The van der Waals surface area contributed by atoms with E-state index in [9.17, 15) is 9.90 Å². The van der Waals surface area contributed by atoms with E-state index in [1.807, 2.05) is 30.3 Å². The Morgan fingerprint density at radius 2 is 1.67 bits per heavy atom. The minimum atomic E-state index is -0.712. The first-order valence-electron chi connectivity index (χ1n) is 8.52. The number of carboxylic acids is 1. The molecule has 3 rings (SSSR count). The molecule has 1 aliphatic rings. The second-order valence-corrected chi connectivity index (χ2v) is 7.29. The SMILES string of the molecule is O=C(O)C(Cc1ccccc1Sc1ccccc1)N1CCCCC1. The summed E-state index contributed by atoms with van der Waals surface area (Å²) in [6.07, 6.45) is 3.98.